The van der Waals surface area contributed by atoms with Crippen molar-refractivity contribution in [3.05, 3.63) is 150 Å². The number of amides is 1. The van der Waals surface area contributed by atoms with Crippen LogP contribution in [0.1, 0.15) is 34.3 Å². The highest BCUT2D eigenvalue weighted by molar-refractivity contribution is 7.80. The van der Waals surface area contributed by atoms with E-state index >= 15 is 0 Å². The highest BCUT2D eigenvalue weighted by Gasteiger charge is 2.34. The molecule has 0 bridgehead atoms. The first-order chi connectivity index (χ1) is 20.6. The van der Waals surface area contributed by atoms with Crippen LogP contribution in [0.25, 0.3) is 0 Å². The SMILES string of the molecule is Cc1ccccc1P(C[C@@H]1CCCN1C(=O)c1ccccc1P(c1ccccc1)c1ccccc1)c1ccccc1C. The average molecular weight is 586 g/mol. The van der Waals surface area contributed by atoms with Gasteiger partial charge in [0.1, 0.15) is 0 Å². The number of carbonyl (C=O) groups is 1. The quantitative estimate of drug-likeness (QED) is 0.184. The van der Waals surface area contributed by atoms with Gasteiger partial charge in [-0.25, -0.2) is 0 Å². The Morgan fingerprint density at radius 3 is 1.67 bits per heavy atom. The lowest BCUT2D eigenvalue weighted by molar-refractivity contribution is 0.0751. The first kappa shape index (κ1) is 28.5. The van der Waals surface area contributed by atoms with E-state index in [1.54, 1.807) is 0 Å². The Morgan fingerprint density at radius 2 is 1.12 bits per heavy atom. The first-order valence-electron chi connectivity index (χ1n) is 14.8. The standard InChI is InChI=1S/C38H37NOP2/c1-29-16-9-12-24-35(29)41(36-25-13-10-17-30(36)2)28-31-18-15-27-39(31)38(40)34-23-11-14-26-37(34)42(32-19-5-3-6-20-32)33-21-7-4-8-22-33/h3-14,16-17,19-26,31H,15,18,27-28H2,1-2H3/t31-/m0/s1. The molecule has 0 radical (unpaired) electrons. The second-order valence-electron chi connectivity index (χ2n) is 11.0. The van der Waals surface area contributed by atoms with Crippen LogP contribution in [0.3, 0.4) is 0 Å². The first-order valence-corrected chi connectivity index (χ1v) is 17.7. The van der Waals surface area contributed by atoms with Crippen molar-refractivity contribution in [1.82, 2.24) is 4.90 Å². The fraction of sp³-hybridized carbons (Fsp3) is 0.184. The van der Waals surface area contributed by atoms with E-state index in [1.807, 2.05) is 6.07 Å². The Labute approximate surface area is 252 Å². The normalized spacial score (nSPS) is 15.0. The largest absolute Gasteiger partial charge is 0.335 e. The molecule has 1 aliphatic rings. The van der Waals surface area contributed by atoms with Gasteiger partial charge in [0.2, 0.25) is 0 Å². The zero-order chi connectivity index (χ0) is 28.9. The van der Waals surface area contributed by atoms with Gasteiger partial charge in [0.25, 0.3) is 5.91 Å². The monoisotopic (exact) mass is 585 g/mol. The van der Waals surface area contributed by atoms with Crippen molar-refractivity contribution in [3.8, 4) is 0 Å². The van der Waals surface area contributed by atoms with Gasteiger partial charge in [0.15, 0.2) is 0 Å². The Kier molecular flexibility index (Phi) is 8.95. The second kappa shape index (κ2) is 13.2. The maximum absolute atomic E-state index is 14.6. The van der Waals surface area contributed by atoms with E-state index in [4.69, 9.17) is 0 Å². The summed E-state index contributed by atoms with van der Waals surface area (Å²) in [5.41, 5.74) is 3.52. The molecule has 1 atom stereocenters. The van der Waals surface area contributed by atoms with Gasteiger partial charge in [0.05, 0.1) is 0 Å². The van der Waals surface area contributed by atoms with Crippen LogP contribution in [0, 0.1) is 13.8 Å². The second-order valence-corrected chi connectivity index (χ2v) is 15.4. The van der Waals surface area contributed by atoms with Crippen LogP contribution in [-0.2, 0) is 0 Å². The Balaban J connectivity index is 1.37. The molecule has 2 nitrogen and oxygen atoms in total. The van der Waals surface area contributed by atoms with Gasteiger partial charge >= 0.3 is 0 Å². The number of rotatable bonds is 8. The Bertz CT molecular complexity index is 1570. The molecule has 1 fully saturated rings. The van der Waals surface area contributed by atoms with Crippen molar-refractivity contribution >= 4 is 48.3 Å². The molecule has 1 saturated heterocycles. The van der Waals surface area contributed by atoms with Gasteiger partial charge in [-0.1, -0.05) is 127 Å². The summed E-state index contributed by atoms with van der Waals surface area (Å²) in [5, 5.41) is 6.52. The molecule has 42 heavy (non-hydrogen) atoms. The van der Waals surface area contributed by atoms with Gasteiger partial charge in [-0.2, -0.15) is 0 Å². The van der Waals surface area contributed by atoms with E-state index in [2.05, 4.69) is 146 Å². The molecular weight excluding hydrogens is 548 g/mol. The highest BCUT2D eigenvalue weighted by Crippen LogP contribution is 2.41. The molecule has 0 aliphatic carbocycles. The topological polar surface area (TPSA) is 20.3 Å². The zero-order valence-corrected chi connectivity index (χ0v) is 26.1. The third-order valence-corrected chi connectivity index (χ3v) is 13.7. The molecule has 1 heterocycles. The zero-order valence-electron chi connectivity index (χ0n) is 24.4. The van der Waals surface area contributed by atoms with Gasteiger partial charge < -0.3 is 4.90 Å². The molecule has 1 amide bonds. The summed E-state index contributed by atoms with van der Waals surface area (Å²) < 4.78 is 0. The minimum Gasteiger partial charge on any atom is -0.335 e. The Hall–Kier alpha value is -3.57. The lowest BCUT2D eigenvalue weighted by Gasteiger charge is -2.31. The molecule has 5 aromatic rings. The number of hydrogen-bond donors (Lipinski definition) is 0. The molecular formula is C38H37NOP2. The smallest absolute Gasteiger partial charge is 0.254 e. The van der Waals surface area contributed by atoms with E-state index < -0.39 is 15.8 Å². The van der Waals surface area contributed by atoms with Crippen molar-refractivity contribution in [1.29, 1.82) is 0 Å². The minimum absolute atomic E-state index is 0.178. The Morgan fingerprint density at radius 1 is 0.643 bits per heavy atom. The van der Waals surface area contributed by atoms with Crippen LogP contribution in [0.5, 0.6) is 0 Å². The van der Waals surface area contributed by atoms with Crippen LogP contribution < -0.4 is 26.5 Å². The maximum Gasteiger partial charge on any atom is 0.254 e. The summed E-state index contributed by atoms with van der Waals surface area (Å²) in [6, 6.07) is 47.6. The third-order valence-electron chi connectivity index (χ3n) is 8.25. The summed E-state index contributed by atoms with van der Waals surface area (Å²) in [6.45, 7) is 5.27. The molecule has 0 aromatic heterocycles. The summed E-state index contributed by atoms with van der Waals surface area (Å²) in [7, 11) is -1.48. The number of carbonyl (C=O) groups excluding carboxylic acids is 1. The van der Waals surface area contributed by atoms with E-state index in [1.165, 1.54) is 32.3 Å². The highest BCUT2D eigenvalue weighted by atomic mass is 31.1. The van der Waals surface area contributed by atoms with Crippen molar-refractivity contribution in [2.45, 2.75) is 32.7 Å². The predicted octanol–water partition coefficient (Wildman–Crippen LogP) is 6.80. The van der Waals surface area contributed by atoms with Crippen LogP contribution in [-0.4, -0.2) is 29.6 Å². The van der Waals surface area contributed by atoms with Gasteiger partial charge in [0, 0.05) is 18.2 Å². The lowest BCUT2D eigenvalue weighted by Crippen LogP contribution is -2.41. The van der Waals surface area contributed by atoms with Crippen LogP contribution >= 0.6 is 15.8 Å². The third kappa shape index (κ3) is 5.98. The fourth-order valence-corrected chi connectivity index (χ4v) is 11.6. The number of nitrogens with zero attached hydrogens (tertiary/aromatic N) is 1. The summed E-state index contributed by atoms with van der Waals surface area (Å²) in [4.78, 5) is 16.8. The summed E-state index contributed by atoms with van der Waals surface area (Å²) in [5.74, 6) is 0.178. The minimum atomic E-state index is -0.869. The van der Waals surface area contributed by atoms with Crippen molar-refractivity contribution < 1.29 is 4.79 Å². The number of benzene rings is 5. The number of hydrogen-bond acceptors (Lipinski definition) is 1. The molecule has 1 aliphatic heterocycles. The number of aryl methyl sites for hydroxylation is 2. The predicted molar refractivity (Wildman–Crippen MR) is 183 cm³/mol. The van der Waals surface area contributed by atoms with E-state index in [0.717, 1.165) is 36.4 Å². The van der Waals surface area contributed by atoms with Crippen LogP contribution in [0.2, 0.25) is 0 Å². The summed E-state index contributed by atoms with van der Waals surface area (Å²) >= 11 is 0. The molecule has 0 N–H and O–H groups in total. The molecule has 0 unspecified atom stereocenters. The lowest BCUT2D eigenvalue weighted by atomic mass is 10.2. The van der Waals surface area contributed by atoms with Crippen molar-refractivity contribution in [2.75, 3.05) is 12.7 Å². The van der Waals surface area contributed by atoms with E-state index in [9.17, 15) is 4.79 Å². The molecule has 0 saturated carbocycles. The summed E-state index contributed by atoms with van der Waals surface area (Å²) in [6.07, 6.45) is 3.09. The fourth-order valence-electron chi connectivity index (χ4n) is 6.15. The number of likely N-dealkylation sites (tertiary alicyclic amines) is 1. The van der Waals surface area contributed by atoms with Crippen LogP contribution in [0.4, 0.5) is 0 Å². The van der Waals surface area contributed by atoms with Crippen molar-refractivity contribution in [3.63, 3.8) is 0 Å². The molecule has 0 spiro atoms. The van der Waals surface area contributed by atoms with E-state index in [0.29, 0.717) is 0 Å². The average Bonchev–Trinajstić information content (AvgIpc) is 3.50. The van der Waals surface area contributed by atoms with E-state index in [-0.39, 0.29) is 11.9 Å². The van der Waals surface area contributed by atoms with Gasteiger partial charge in [-0.15, -0.1) is 0 Å². The van der Waals surface area contributed by atoms with Gasteiger partial charge in [-0.05, 0) is 92.4 Å². The maximum atomic E-state index is 14.6. The molecule has 4 heteroatoms. The molecule has 5 aromatic carbocycles. The molecule has 6 rings (SSSR count). The van der Waals surface area contributed by atoms with Gasteiger partial charge in [-0.3, -0.25) is 4.79 Å². The van der Waals surface area contributed by atoms with Crippen LogP contribution in [0.15, 0.2) is 133 Å². The van der Waals surface area contributed by atoms with Crippen molar-refractivity contribution in [2.24, 2.45) is 0 Å². The molecule has 210 valence electrons.